The van der Waals surface area contributed by atoms with Gasteiger partial charge in [-0.25, -0.2) is 4.98 Å². The summed E-state index contributed by atoms with van der Waals surface area (Å²) >= 11 is 0. The van der Waals surface area contributed by atoms with Gasteiger partial charge in [-0.15, -0.1) is 24.8 Å². The SMILES string of the molecule is CN(C)c1ccc(C(=O)NCCN2CCNCC2)cn1.Cl.Cl. The van der Waals surface area contributed by atoms with E-state index in [1.807, 2.05) is 31.1 Å². The Morgan fingerprint density at radius 1 is 1.32 bits per heavy atom. The molecule has 1 aromatic heterocycles. The highest BCUT2D eigenvalue weighted by molar-refractivity contribution is 5.94. The third-order valence-electron chi connectivity index (χ3n) is 3.39. The van der Waals surface area contributed by atoms with Crippen molar-refractivity contribution >= 4 is 36.5 Å². The molecule has 126 valence electrons. The Kier molecular flexibility index (Phi) is 10.1. The maximum atomic E-state index is 12.0. The highest BCUT2D eigenvalue weighted by atomic mass is 35.5. The number of piperazine rings is 1. The second-order valence-electron chi connectivity index (χ2n) is 5.15. The molecule has 0 aromatic carbocycles. The Bertz CT molecular complexity index is 435. The van der Waals surface area contributed by atoms with Crippen LogP contribution in [0.1, 0.15) is 10.4 Å². The third-order valence-corrected chi connectivity index (χ3v) is 3.39. The summed E-state index contributed by atoms with van der Waals surface area (Å²) in [4.78, 5) is 20.5. The first kappa shape index (κ1) is 20.9. The lowest BCUT2D eigenvalue weighted by molar-refractivity contribution is 0.0947. The van der Waals surface area contributed by atoms with Gasteiger partial charge in [0.05, 0.1) is 5.56 Å². The Labute approximate surface area is 144 Å². The van der Waals surface area contributed by atoms with Gasteiger partial charge < -0.3 is 15.5 Å². The zero-order valence-electron chi connectivity index (χ0n) is 13.0. The van der Waals surface area contributed by atoms with Crippen molar-refractivity contribution in [1.82, 2.24) is 20.5 Å². The normalized spacial score (nSPS) is 14.5. The molecule has 2 heterocycles. The lowest BCUT2D eigenvalue weighted by atomic mass is 10.2. The molecule has 0 saturated carbocycles. The summed E-state index contributed by atoms with van der Waals surface area (Å²) in [7, 11) is 3.85. The number of anilines is 1. The Morgan fingerprint density at radius 2 is 2.00 bits per heavy atom. The van der Waals surface area contributed by atoms with Crippen LogP contribution in [0.5, 0.6) is 0 Å². The summed E-state index contributed by atoms with van der Waals surface area (Å²) < 4.78 is 0. The molecular weight excluding hydrogens is 325 g/mol. The number of carbonyl (C=O) groups is 1. The van der Waals surface area contributed by atoms with E-state index in [2.05, 4.69) is 20.5 Å². The van der Waals surface area contributed by atoms with Crippen LogP contribution in [0.15, 0.2) is 18.3 Å². The van der Waals surface area contributed by atoms with Gasteiger partial charge in [-0.1, -0.05) is 0 Å². The van der Waals surface area contributed by atoms with E-state index in [1.54, 1.807) is 6.20 Å². The number of nitrogens with zero attached hydrogens (tertiary/aromatic N) is 3. The van der Waals surface area contributed by atoms with E-state index in [4.69, 9.17) is 0 Å². The molecule has 0 unspecified atom stereocenters. The van der Waals surface area contributed by atoms with Crippen LogP contribution in [0.3, 0.4) is 0 Å². The fourth-order valence-corrected chi connectivity index (χ4v) is 2.15. The largest absolute Gasteiger partial charge is 0.363 e. The highest BCUT2D eigenvalue weighted by Gasteiger charge is 2.10. The van der Waals surface area contributed by atoms with Gasteiger partial charge in [0, 0.05) is 59.6 Å². The maximum Gasteiger partial charge on any atom is 0.252 e. The first-order valence-corrected chi connectivity index (χ1v) is 7.01. The predicted octanol–water partition coefficient (Wildman–Crippen LogP) is 0.626. The van der Waals surface area contributed by atoms with Crippen LogP contribution >= 0.6 is 24.8 Å². The average Bonchev–Trinajstić information content (AvgIpc) is 2.48. The minimum atomic E-state index is -0.0575. The van der Waals surface area contributed by atoms with E-state index in [9.17, 15) is 4.79 Å². The van der Waals surface area contributed by atoms with Gasteiger partial charge >= 0.3 is 0 Å². The summed E-state index contributed by atoms with van der Waals surface area (Å²) in [5.74, 6) is 0.792. The zero-order valence-corrected chi connectivity index (χ0v) is 14.7. The first-order chi connectivity index (χ1) is 9.66. The van der Waals surface area contributed by atoms with Gasteiger partial charge in [-0.2, -0.15) is 0 Å². The second kappa shape index (κ2) is 10.6. The molecule has 0 atom stereocenters. The molecule has 2 rings (SSSR count). The minimum Gasteiger partial charge on any atom is -0.363 e. The van der Waals surface area contributed by atoms with E-state index >= 15 is 0 Å². The van der Waals surface area contributed by atoms with E-state index < -0.39 is 0 Å². The summed E-state index contributed by atoms with van der Waals surface area (Å²) in [6, 6.07) is 3.66. The van der Waals surface area contributed by atoms with Crippen molar-refractivity contribution in [2.45, 2.75) is 0 Å². The number of nitrogens with one attached hydrogen (secondary N) is 2. The number of aromatic nitrogens is 1. The third kappa shape index (κ3) is 6.36. The molecule has 2 N–H and O–H groups in total. The molecule has 0 bridgehead atoms. The van der Waals surface area contributed by atoms with Gasteiger partial charge in [-0.05, 0) is 12.1 Å². The molecule has 22 heavy (non-hydrogen) atoms. The van der Waals surface area contributed by atoms with Gasteiger partial charge in [0.25, 0.3) is 5.91 Å². The fraction of sp³-hybridized carbons (Fsp3) is 0.571. The van der Waals surface area contributed by atoms with E-state index in [1.165, 1.54) is 0 Å². The molecule has 1 fully saturated rings. The molecule has 0 radical (unpaired) electrons. The topological polar surface area (TPSA) is 60.5 Å². The molecule has 0 spiro atoms. The van der Waals surface area contributed by atoms with Crippen LogP contribution in [0, 0.1) is 0 Å². The molecule has 1 saturated heterocycles. The van der Waals surface area contributed by atoms with Crippen LogP contribution in [0.25, 0.3) is 0 Å². The maximum absolute atomic E-state index is 12.0. The number of hydrogen-bond acceptors (Lipinski definition) is 5. The smallest absolute Gasteiger partial charge is 0.252 e. The minimum absolute atomic E-state index is 0. The molecule has 0 aliphatic carbocycles. The van der Waals surface area contributed by atoms with Gasteiger partial charge in [0.2, 0.25) is 0 Å². The highest BCUT2D eigenvalue weighted by Crippen LogP contribution is 2.07. The summed E-state index contributed by atoms with van der Waals surface area (Å²) in [6.07, 6.45) is 1.62. The fourth-order valence-electron chi connectivity index (χ4n) is 2.15. The Balaban J connectivity index is 0.00000220. The van der Waals surface area contributed by atoms with E-state index in [0.29, 0.717) is 12.1 Å². The number of carbonyl (C=O) groups excluding carboxylic acids is 1. The molecule has 1 aliphatic heterocycles. The molecule has 6 nitrogen and oxygen atoms in total. The Morgan fingerprint density at radius 3 is 2.55 bits per heavy atom. The number of halogens is 2. The van der Waals surface area contributed by atoms with Crippen molar-refractivity contribution in [2.24, 2.45) is 0 Å². The van der Waals surface area contributed by atoms with Crippen molar-refractivity contribution in [2.75, 3.05) is 58.3 Å². The average molecular weight is 350 g/mol. The van der Waals surface area contributed by atoms with Crippen LogP contribution < -0.4 is 15.5 Å². The van der Waals surface area contributed by atoms with Crippen LogP contribution in [0.4, 0.5) is 5.82 Å². The summed E-state index contributed by atoms with van der Waals surface area (Å²) in [5.41, 5.74) is 0.607. The van der Waals surface area contributed by atoms with E-state index in [-0.39, 0.29) is 30.7 Å². The summed E-state index contributed by atoms with van der Waals surface area (Å²) in [5, 5.41) is 6.25. The number of rotatable bonds is 5. The molecule has 1 aliphatic rings. The van der Waals surface area contributed by atoms with Crippen molar-refractivity contribution < 1.29 is 4.79 Å². The molecular formula is C14H25Cl2N5O. The van der Waals surface area contributed by atoms with Gasteiger partial charge in [0.1, 0.15) is 5.82 Å². The van der Waals surface area contributed by atoms with Crippen molar-refractivity contribution in [3.05, 3.63) is 23.9 Å². The van der Waals surface area contributed by atoms with Crippen molar-refractivity contribution in [3.8, 4) is 0 Å². The number of amides is 1. The molecule has 8 heteroatoms. The van der Waals surface area contributed by atoms with Crippen molar-refractivity contribution in [3.63, 3.8) is 0 Å². The Hall–Kier alpha value is -1.08. The molecule has 1 aromatic rings. The molecule has 1 amide bonds. The quantitative estimate of drug-likeness (QED) is 0.816. The first-order valence-electron chi connectivity index (χ1n) is 7.01. The standard InChI is InChI=1S/C14H23N5O.2ClH/c1-18(2)13-4-3-12(11-17-13)14(20)16-7-10-19-8-5-15-6-9-19;;/h3-4,11,15H,5-10H2,1-2H3,(H,16,20);2*1H. The lowest BCUT2D eigenvalue weighted by Crippen LogP contribution is -2.46. The lowest BCUT2D eigenvalue weighted by Gasteiger charge is -2.27. The van der Waals surface area contributed by atoms with Crippen LogP contribution in [0.2, 0.25) is 0 Å². The number of pyridine rings is 1. The zero-order chi connectivity index (χ0) is 14.4. The van der Waals surface area contributed by atoms with Crippen molar-refractivity contribution in [1.29, 1.82) is 0 Å². The second-order valence-corrected chi connectivity index (χ2v) is 5.15. The summed E-state index contributed by atoms with van der Waals surface area (Å²) in [6.45, 7) is 5.74. The number of hydrogen-bond donors (Lipinski definition) is 2. The van der Waals surface area contributed by atoms with Crippen LogP contribution in [-0.4, -0.2) is 69.2 Å². The van der Waals surface area contributed by atoms with Gasteiger partial charge in [0.15, 0.2) is 0 Å². The van der Waals surface area contributed by atoms with Crippen LogP contribution in [-0.2, 0) is 0 Å². The van der Waals surface area contributed by atoms with E-state index in [0.717, 1.165) is 38.5 Å². The monoisotopic (exact) mass is 349 g/mol. The predicted molar refractivity (Wildman–Crippen MR) is 94.7 cm³/mol. The van der Waals surface area contributed by atoms with Gasteiger partial charge in [-0.3, -0.25) is 9.69 Å².